The molecule has 186 valence electrons. The quantitative estimate of drug-likeness (QED) is 0.253. The highest BCUT2D eigenvalue weighted by molar-refractivity contribution is 7.99. The van der Waals surface area contributed by atoms with Gasteiger partial charge in [-0.25, -0.2) is 9.97 Å². The zero-order chi connectivity index (χ0) is 25.5. The third-order valence-electron chi connectivity index (χ3n) is 5.68. The van der Waals surface area contributed by atoms with Crippen LogP contribution in [0.1, 0.15) is 30.9 Å². The molecule has 3 heterocycles. The summed E-state index contributed by atoms with van der Waals surface area (Å²) in [7, 11) is 1.60. The van der Waals surface area contributed by atoms with Crippen molar-refractivity contribution in [3.63, 3.8) is 0 Å². The average molecular weight is 511 g/mol. The lowest BCUT2D eigenvalue weighted by Crippen LogP contribution is -2.33. The standard InChI is InChI=1S/C23H23F5N6S/c1-3-35-18-7-14(13(9-29)6-16(30)12-4-5-12)10-31-19(18)21-33-17-8-15(11-32-20(17)34(21)2)22(24,25)23(26,27)28/h6-12H,3-5,29-30H2,1-2H3/b13-9+,16-6-. The van der Waals surface area contributed by atoms with Crippen molar-refractivity contribution in [1.82, 2.24) is 19.5 Å². The van der Waals surface area contributed by atoms with Crippen LogP contribution in [0.5, 0.6) is 0 Å². The highest BCUT2D eigenvalue weighted by Gasteiger charge is 2.59. The Morgan fingerprint density at radius 1 is 1.17 bits per heavy atom. The number of hydrogen-bond acceptors (Lipinski definition) is 6. The fraction of sp³-hybridized carbons (Fsp3) is 0.348. The molecule has 12 heteroatoms. The van der Waals surface area contributed by atoms with Crippen molar-refractivity contribution >= 4 is 28.5 Å². The SMILES string of the molecule is CCSc1cc(C(/C=C(\N)C2CC2)=C/N)cnc1-c1nc2cc(C(F)(F)C(F)(F)F)cnc2n1C. The third kappa shape index (κ3) is 4.71. The van der Waals surface area contributed by atoms with Gasteiger partial charge >= 0.3 is 12.1 Å². The third-order valence-corrected chi connectivity index (χ3v) is 6.59. The molecule has 0 spiro atoms. The van der Waals surface area contributed by atoms with Gasteiger partial charge < -0.3 is 16.0 Å². The van der Waals surface area contributed by atoms with Gasteiger partial charge in [-0.1, -0.05) is 6.92 Å². The number of nitrogens with zero attached hydrogens (tertiary/aromatic N) is 4. The largest absolute Gasteiger partial charge is 0.458 e. The Balaban J connectivity index is 1.78. The van der Waals surface area contributed by atoms with Crippen molar-refractivity contribution < 1.29 is 22.0 Å². The minimum absolute atomic E-state index is 0.0927. The topological polar surface area (TPSA) is 95.6 Å². The van der Waals surface area contributed by atoms with Gasteiger partial charge in [0.25, 0.3) is 0 Å². The van der Waals surface area contributed by atoms with Gasteiger partial charge in [0.15, 0.2) is 11.5 Å². The summed E-state index contributed by atoms with van der Waals surface area (Å²) >= 11 is 1.48. The minimum atomic E-state index is -5.74. The maximum absolute atomic E-state index is 13.8. The first kappa shape index (κ1) is 25.0. The van der Waals surface area contributed by atoms with E-state index in [2.05, 4.69) is 15.0 Å². The summed E-state index contributed by atoms with van der Waals surface area (Å²) < 4.78 is 67.7. The Kier molecular flexibility index (Phi) is 6.52. The van der Waals surface area contributed by atoms with Gasteiger partial charge in [-0.05, 0) is 42.7 Å². The van der Waals surface area contributed by atoms with Crippen LogP contribution in [-0.4, -0.2) is 31.4 Å². The fourth-order valence-corrected chi connectivity index (χ4v) is 4.40. The highest BCUT2D eigenvalue weighted by atomic mass is 32.2. The summed E-state index contributed by atoms with van der Waals surface area (Å²) in [5, 5.41) is 0. The number of alkyl halides is 5. The zero-order valence-corrected chi connectivity index (χ0v) is 19.7. The van der Waals surface area contributed by atoms with Crippen LogP contribution < -0.4 is 11.5 Å². The molecule has 4 rings (SSSR count). The van der Waals surface area contributed by atoms with Crippen LogP contribution in [0, 0.1) is 5.92 Å². The number of nitrogens with two attached hydrogens (primary N) is 2. The lowest BCUT2D eigenvalue weighted by molar-refractivity contribution is -0.289. The second-order valence-corrected chi connectivity index (χ2v) is 9.48. The first-order chi connectivity index (χ1) is 16.5. The molecule has 0 radical (unpaired) electrons. The number of pyridine rings is 2. The van der Waals surface area contributed by atoms with E-state index in [4.69, 9.17) is 11.5 Å². The smallest absolute Gasteiger partial charge is 0.404 e. The van der Waals surface area contributed by atoms with Crippen molar-refractivity contribution in [2.24, 2.45) is 24.4 Å². The van der Waals surface area contributed by atoms with E-state index in [9.17, 15) is 22.0 Å². The monoisotopic (exact) mass is 510 g/mol. The van der Waals surface area contributed by atoms with Crippen LogP contribution in [0.3, 0.4) is 0 Å². The van der Waals surface area contributed by atoms with E-state index in [0.717, 1.165) is 29.0 Å². The number of aryl methyl sites for hydroxylation is 1. The Morgan fingerprint density at radius 3 is 2.49 bits per heavy atom. The maximum atomic E-state index is 13.8. The van der Waals surface area contributed by atoms with Gasteiger partial charge in [0.05, 0.1) is 5.56 Å². The van der Waals surface area contributed by atoms with E-state index in [0.29, 0.717) is 35.2 Å². The first-order valence-electron chi connectivity index (χ1n) is 10.8. The lowest BCUT2D eigenvalue weighted by atomic mass is 10.1. The number of hydrogen-bond donors (Lipinski definition) is 2. The van der Waals surface area contributed by atoms with Crippen LogP contribution in [0.4, 0.5) is 22.0 Å². The molecule has 0 amide bonds. The highest BCUT2D eigenvalue weighted by Crippen LogP contribution is 2.44. The molecule has 1 aliphatic carbocycles. The van der Waals surface area contributed by atoms with E-state index in [1.54, 1.807) is 13.2 Å². The maximum Gasteiger partial charge on any atom is 0.458 e. The molecule has 35 heavy (non-hydrogen) atoms. The second-order valence-electron chi connectivity index (χ2n) is 8.18. The molecule has 3 aromatic heterocycles. The summed E-state index contributed by atoms with van der Waals surface area (Å²) in [4.78, 5) is 13.4. The van der Waals surface area contributed by atoms with Crippen LogP contribution in [-0.2, 0) is 13.0 Å². The van der Waals surface area contributed by atoms with Crippen molar-refractivity contribution in [3.05, 3.63) is 53.6 Å². The first-order valence-corrected chi connectivity index (χ1v) is 11.8. The molecule has 4 N–H and O–H groups in total. The predicted molar refractivity (Wildman–Crippen MR) is 125 cm³/mol. The Morgan fingerprint density at radius 2 is 1.89 bits per heavy atom. The van der Waals surface area contributed by atoms with Crippen molar-refractivity contribution in [3.8, 4) is 11.5 Å². The summed E-state index contributed by atoms with van der Waals surface area (Å²) in [6.07, 6.45) is 1.75. The predicted octanol–water partition coefficient (Wildman–Crippen LogP) is 5.35. The molecule has 0 saturated heterocycles. The van der Waals surface area contributed by atoms with Crippen LogP contribution in [0.25, 0.3) is 28.3 Å². The number of allylic oxidation sites excluding steroid dienone is 3. The van der Waals surface area contributed by atoms with Crippen molar-refractivity contribution in [2.75, 3.05) is 5.75 Å². The molecule has 0 unspecified atom stereocenters. The van der Waals surface area contributed by atoms with Crippen LogP contribution in [0.2, 0.25) is 0 Å². The zero-order valence-electron chi connectivity index (χ0n) is 18.9. The van der Waals surface area contributed by atoms with E-state index in [1.165, 1.54) is 22.5 Å². The van der Waals surface area contributed by atoms with Crippen molar-refractivity contribution in [2.45, 2.75) is 36.8 Å². The Hall–Kier alpha value is -3.15. The molecule has 1 saturated carbocycles. The average Bonchev–Trinajstić information content (AvgIpc) is 3.61. The van der Waals surface area contributed by atoms with Gasteiger partial charge in [0, 0.05) is 47.4 Å². The fourth-order valence-electron chi connectivity index (χ4n) is 3.60. The molecule has 3 aromatic rings. The normalized spacial score (nSPS) is 15.7. The van der Waals surface area contributed by atoms with E-state index >= 15 is 0 Å². The summed E-state index contributed by atoms with van der Waals surface area (Å²) in [6.45, 7) is 1.95. The molecule has 6 nitrogen and oxygen atoms in total. The summed E-state index contributed by atoms with van der Waals surface area (Å²) in [5.41, 5.74) is 13.4. The second kappa shape index (κ2) is 9.14. The van der Waals surface area contributed by atoms with Gasteiger partial charge in [-0.15, -0.1) is 11.8 Å². The molecule has 1 fully saturated rings. The Bertz CT molecular complexity index is 1320. The van der Waals surface area contributed by atoms with Crippen molar-refractivity contribution in [1.29, 1.82) is 0 Å². The number of thioether (sulfide) groups is 1. The molecule has 0 aromatic carbocycles. The Labute approximate surface area is 202 Å². The van der Waals surface area contributed by atoms with Crippen LogP contribution >= 0.6 is 11.8 Å². The molecule has 0 bridgehead atoms. The molecular weight excluding hydrogens is 487 g/mol. The number of halogens is 5. The van der Waals surface area contributed by atoms with Gasteiger partial charge in [0.1, 0.15) is 11.2 Å². The number of imidazole rings is 1. The van der Waals surface area contributed by atoms with E-state index in [1.807, 2.05) is 19.1 Å². The van der Waals surface area contributed by atoms with Crippen LogP contribution in [0.15, 0.2) is 47.4 Å². The number of rotatable bonds is 7. The van der Waals surface area contributed by atoms with Gasteiger partial charge in [0.2, 0.25) is 0 Å². The molecular formula is C23H23F5N6S. The number of aromatic nitrogens is 4. The molecule has 0 atom stereocenters. The van der Waals surface area contributed by atoms with E-state index < -0.39 is 17.7 Å². The van der Waals surface area contributed by atoms with E-state index in [-0.39, 0.29) is 17.0 Å². The summed E-state index contributed by atoms with van der Waals surface area (Å²) in [6, 6.07) is 2.59. The number of fused-ring (bicyclic) bond motifs is 1. The lowest BCUT2D eigenvalue weighted by Gasteiger charge is -2.19. The van der Waals surface area contributed by atoms with Gasteiger partial charge in [-0.3, -0.25) is 4.98 Å². The van der Waals surface area contributed by atoms with Gasteiger partial charge in [-0.2, -0.15) is 22.0 Å². The minimum Gasteiger partial charge on any atom is -0.404 e. The summed E-state index contributed by atoms with van der Waals surface area (Å²) in [5.74, 6) is -3.70. The molecule has 0 aliphatic heterocycles. The molecule has 1 aliphatic rings.